The monoisotopic (exact) mass is 250 g/mol. The summed E-state index contributed by atoms with van der Waals surface area (Å²) >= 11 is 0. The summed E-state index contributed by atoms with van der Waals surface area (Å²) in [6, 6.07) is 7.36. The van der Waals surface area contributed by atoms with Crippen molar-refractivity contribution < 1.29 is 4.39 Å². The highest BCUT2D eigenvalue weighted by Crippen LogP contribution is 2.40. The number of halogens is 1. The van der Waals surface area contributed by atoms with E-state index in [4.69, 9.17) is 0 Å². The third-order valence-electron chi connectivity index (χ3n) is 3.47. The Morgan fingerprint density at radius 2 is 1.94 bits per heavy atom. The zero-order valence-electron chi connectivity index (χ0n) is 11.3. The van der Waals surface area contributed by atoms with Crippen molar-refractivity contribution in [1.29, 1.82) is 0 Å². The van der Waals surface area contributed by atoms with Gasteiger partial charge in [0, 0.05) is 6.04 Å². The van der Waals surface area contributed by atoms with Crippen LogP contribution in [-0.4, -0.2) is 32.1 Å². The van der Waals surface area contributed by atoms with Crippen LogP contribution in [0.1, 0.15) is 30.9 Å². The summed E-state index contributed by atoms with van der Waals surface area (Å²) in [5.41, 5.74) is 1.23. The van der Waals surface area contributed by atoms with Crippen molar-refractivity contribution >= 4 is 0 Å². The third-order valence-corrected chi connectivity index (χ3v) is 3.47. The van der Waals surface area contributed by atoms with Gasteiger partial charge in [0.05, 0.1) is 0 Å². The Morgan fingerprint density at radius 3 is 2.50 bits per heavy atom. The molecule has 1 fully saturated rings. The molecular formula is C15H23FN2. The Labute approximate surface area is 109 Å². The number of hydrogen-bond acceptors (Lipinski definition) is 2. The minimum atomic E-state index is -0.152. The van der Waals surface area contributed by atoms with Gasteiger partial charge in [-0.2, -0.15) is 0 Å². The normalized spacial score (nSPS) is 17.1. The summed E-state index contributed by atoms with van der Waals surface area (Å²) < 4.78 is 12.9. The van der Waals surface area contributed by atoms with Gasteiger partial charge in [0.1, 0.15) is 5.82 Å². The van der Waals surface area contributed by atoms with Crippen LogP contribution in [0.4, 0.5) is 4.39 Å². The molecule has 0 heterocycles. The van der Waals surface area contributed by atoms with Gasteiger partial charge in [-0.05, 0) is 70.1 Å². The molecule has 0 bridgehead atoms. The average Bonchev–Trinajstić information content (AvgIpc) is 3.15. The summed E-state index contributed by atoms with van der Waals surface area (Å²) in [5, 5.41) is 3.62. The van der Waals surface area contributed by atoms with E-state index >= 15 is 0 Å². The molecule has 0 radical (unpaired) electrons. The molecule has 18 heavy (non-hydrogen) atoms. The van der Waals surface area contributed by atoms with E-state index in [0.717, 1.165) is 25.4 Å². The quantitative estimate of drug-likeness (QED) is 0.749. The molecule has 1 unspecified atom stereocenters. The molecule has 1 aromatic rings. The number of nitrogens with zero attached hydrogens (tertiary/aromatic N) is 1. The second kappa shape index (κ2) is 6.30. The van der Waals surface area contributed by atoms with Gasteiger partial charge in [0.15, 0.2) is 0 Å². The maximum Gasteiger partial charge on any atom is 0.123 e. The van der Waals surface area contributed by atoms with E-state index in [9.17, 15) is 4.39 Å². The van der Waals surface area contributed by atoms with Gasteiger partial charge < -0.3 is 10.2 Å². The molecule has 0 amide bonds. The van der Waals surface area contributed by atoms with E-state index in [1.807, 2.05) is 12.1 Å². The molecule has 2 rings (SSSR count). The second-order valence-corrected chi connectivity index (χ2v) is 5.48. The summed E-state index contributed by atoms with van der Waals surface area (Å²) in [6.07, 6.45) is 3.74. The summed E-state index contributed by atoms with van der Waals surface area (Å²) in [7, 11) is 4.19. The minimum Gasteiger partial charge on any atom is -0.310 e. The molecule has 2 nitrogen and oxygen atoms in total. The van der Waals surface area contributed by atoms with Crippen LogP contribution >= 0.6 is 0 Å². The first-order valence-electron chi connectivity index (χ1n) is 6.80. The lowest BCUT2D eigenvalue weighted by Gasteiger charge is -2.19. The second-order valence-electron chi connectivity index (χ2n) is 5.48. The van der Waals surface area contributed by atoms with Crippen molar-refractivity contribution in [2.24, 2.45) is 5.92 Å². The van der Waals surface area contributed by atoms with Crippen molar-refractivity contribution in [3.63, 3.8) is 0 Å². The van der Waals surface area contributed by atoms with E-state index in [-0.39, 0.29) is 5.82 Å². The van der Waals surface area contributed by atoms with Crippen molar-refractivity contribution in [2.75, 3.05) is 27.2 Å². The van der Waals surface area contributed by atoms with Gasteiger partial charge in [-0.3, -0.25) is 0 Å². The predicted molar refractivity (Wildman–Crippen MR) is 73.0 cm³/mol. The number of benzene rings is 1. The highest BCUT2D eigenvalue weighted by Gasteiger charge is 2.31. The Balaban J connectivity index is 1.86. The van der Waals surface area contributed by atoms with Crippen LogP contribution in [0.5, 0.6) is 0 Å². The van der Waals surface area contributed by atoms with E-state index in [1.165, 1.54) is 18.4 Å². The van der Waals surface area contributed by atoms with Gasteiger partial charge in [-0.15, -0.1) is 0 Å². The summed E-state index contributed by atoms with van der Waals surface area (Å²) in [5.74, 6) is 0.593. The van der Waals surface area contributed by atoms with Crippen LogP contribution in [0.3, 0.4) is 0 Å². The molecule has 3 heteroatoms. The fourth-order valence-electron chi connectivity index (χ4n) is 2.31. The average molecular weight is 250 g/mol. The van der Waals surface area contributed by atoms with Gasteiger partial charge in [0.2, 0.25) is 0 Å². The number of hydrogen-bond donors (Lipinski definition) is 1. The van der Waals surface area contributed by atoms with Crippen LogP contribution in [0, 0.1) is 11.7 Å². The standard InChI is InChI=1S/C15H23FN2/c1-18(2)11-3-10-17-15(12-4-5-12)13-6-8-14(16)9-7-13/h6-9,12,15,17H,3-5,10-11H2,1-2H3. The van der Waals surface area contributed by atoms with Crippen LogP contribution in [-0.2, 0) is 0 Å². The van der Waals surface area contributed by atoms with E-state index in [2.05, 4.69) is 24.3 Å². The lowest BCUT2D eigenvalue weighted by atomic mass is 10.0. The molecule has 1 aliphatic carbocycles. The first kappa shape index (κ1) is 13.5. The van der Waals surface area contributed by atoms with Crippen LogP contribution < -0.4 is 5.32 Å². The minimum absolute atomic E-state index is 0.152. The highest BCUT2D eigenvalue weighted by molar-refractivity contribution is 5.21. The van der Waals surface area contributed by atoms with Gasteiger partial charge >= 0.3 is 0 Å². The van der Waals surface area contributed by atoms with Crippen molar-refractivity contribution in [3.05, 3.63) is 35.6 Å². The Hall–Kier alpha value is -0.930. The molecule has 0 spiro atoms. The van der Waals surface area contributed by atoms with Gasteiger partial charge in [-0.1, -0.05) is 12.1 Å². The largest absolute Gasteiger partial charge is 0.310 e. The first-order chi connectivity index (χ1) is 8.66. The van der Waals surface area contributed by atoms with Crippen LogP contribution in [0.25, 0.3) is 0 Å². The molecule has 0 saturated heterocycles. The van der Waals surface area contributed by atoms with Gasteiger partial charge in [-0.25, -0.2) is 4.39 Å². The lowest BCUT2D eigenvalue weighted by molar-refractivity contribution is 0.380. The summed E-state index contributed by atoms with van der Waals surface area (Å²) in [6.45, 7) is 2.13. The number of nitrogens with one attached hydrogen (secondary N) is 1. The Morgan fingerprint density at radius 1 is 1.28 bits per heavy atom. The third kappa shape index (κ3) is 4.07. The Kier molecular flexibility index (Phi) is 4.72. The molecule has 1 saturated carbocycles. The lowest BCUT2D eigenvalue weighted by Crippen LogP contribution is -2.26. The Bertz CT molecular complexity index is 357. The molecule has 0 aromatic heterocycles. The number of rotatable bonds is 7. The summed E-state index contributed by atoms with van der Waals surface area (Å²) in [4.78, 5) is 2.20. The molecule has 1 aliphatic rings. The smallest absolute Gasteiger partial charge is 0.123 e. The highest BCUT2D eigenvalue weighted by atomic mass is 19.1. The van der Waals surface area contributed by atoms with Crippen molar-refractivity contribution in [2.45, 2.75) is 25.3 Å². The van der Waals surface area contributed by atoms with Crippen LogP contribution in [0.15, 0.2) is 24.3 Å². The van der Waals surface area contributed by atoms with E-state index in [1.54, 1.807) is 12.1 Å². The predicted octanol–water partition coefficient (Wildman–Crippen LogP) is 2.82. The van der Waals surface area contributed by atoms with E-state index in [0.29, 0.717) is 6.04 Å². The first-order valence-corrected chi connectivity index (χ1v) is 6.80. The molecule has 0 aliphatic heterocycles. The molecular weight excluding hydrogens is 227 g/mol. The van der Waals surface area contributed by atoms with Crippen molar-refractivity contribution in [3.8, 4) is 0 Å². The van der Waals surface area contributed by atoms with Crippen LogP contribution in [0.2, 0.25) is 0 Å². The molecule has 1 N–H and O–H groups in total. The zero-order chi connectivity index (χ0) is 13.0. The fraction of sp³-hybridized carbons (Fsp3) is 0.600. The van der Waals surface area contributed by atoms with Crippen molar-refractivity contribution in [1.82, 2.24) is 10.2 Å². The van der Waals surface area contributed by atoms with E-state index < -0.39 is 0 Å². The maximum atomic E-state index is 12.9. The zero-order valence-corrected chi connectivity index (χ0v) is 11.3. The fourth-order valence-corrected chi connectivity index (χ4v) is 2.31. The SMILES string of the molecule is CN(C)CCCNC(c1ccc(F)cc1)C1CC1. The molecule has 100 valence electrons. The topological polar surface area (TPSA) is 15.3 Å². The molecule has 1 aromatic carbocycles. The maximum absolute atomic E-state index is 12.9. The molecule has 1 atom stereocenters. The van der Waals surface area contributed by atoms with Gasteiger partial charge in [0.25, 0.3) is 0 Å².